The van der Waals surface area contributed by atoms with Gasteiger partial charge in [-0.25, -0.2) is 4.98 Å². The Morgan fingerprint density at radius 3 is 2.68 bits per heavy atom. The Morgan fingerprint density at radius 1 is 1.32 bits per heavy atom. The lowest BCUT2D eigenvalue weighted by molar-refractivity contribution is -0.125. The lowest BCUT2D eigenvalue weighted by Gasteiger charge is -2.33. The van der Waals surface area contributed by atoms with Gasteiger partial charge < -0.3 is 20.0 Å². The molecule has 0 saturated heterocycles. The van der Waals surface area contributed by atoms with E-state index in [1.807, 2.05) is 32.0 Å². The molecule has 0 aliphatic carbocycles. The summed E-state index contributed by atoms with van der Waals surface area (Å²) < 4.78 is 43.2. The number of alkyl halides is 3. The van der Waals surface area contributed by atoms with Crippen LogP contribution in [-0.4, -0.2) is 77.8 Å². The summed E-state index contributed by atoms with van der Waals surface area (Å²) in [6.45, 7) is 4.37. The van der Waals surface area contributed by atoms with E-state index in [0.29, 0.717) is 35.4 Å². The van der Waals surface area contributed by atoms with Crippen LogP contribution in [0, 0.1) is 11.3 Å². The molecule has 0 spiro atoms. The average molecular weight is 574 g/mol. The van der Waals surface area contributed by atoms with Gasteiger partial charge in [-0.1, -0.05) is 19.1 Å². The highest BCUT2D eigenvalue weighted by Gasteiger charge is 2.31. The van der Waals surface area contributed by atoms with Crippen LogP contribution in [0.25, 0.3) is 17.0 Å². The molecule has 3 heterocycles. The summed E-state index contributed by atoms with van der Waals surface area (Å²) in [6.07, 6.45) is 2.04. The van der Waals surface area contributed by atoms with Crippen LogP contribution >= 0.6 is 0 Å². The summed E-state index contributed by atoms with van der Waals surface area (Å²) in [5.41, 5.74) is 1.62. The molecule has 3 N–H and O–H groups in total. The fourth-order valence-electron chi connectivity index (χ4n) is 4.24. The summed E-state index contributed by atoms with van der Waals surface area (Å²) in [4.78, 5) is 37.8. The van der Waals surface area contributed by atoms with Gasteiger partial charge in [-0.2, -0.15) is 13.2 Å². The Labute approximate surface area is 236 Å². The second kappa shape index (κ2) is 13.4. The minimum absolute atomic E-state index is 0.0137. The predicted molar refractivity (Wildman–Crippen MR) is 149 cm³/mol. The van der Waals surface area contributed by atoms with Crippen LogP contribution in [0.2, 0.25) is 0 Å². The minimum Gasteiger partial charge on any atom is -0.444 e. The smallest absolute Gasteiger partial charge is 0.392 e. The topological polar surface area (TPSA) is 127 Å². The molecule has 1 aliphatic rings. The highest BCUT2D eigenvalue weighted by Crippen LogP contribution is 2.26. The van der Waals surface area contributed by atoms with Gasteiger partial charge in [0.2, 0.25) is 5.89 Å². The number of carbonyl (C=O) groups is 2. The summed E-state index contributed by atoms with van der Waals surface area (Å²) in [7, 11) is 5.47. The van der Waals surface area contributed by atoms with Crippen LogP contribution in [0.3, 0.4) is 0 Å². The normalized spacial score (nSPS) is 16.6. The summed E-state index contributed by atoms with van der Waals surface area (Å²) >= 11 is 0. The maximum atomic E-state index is 13.1. The van der Waals surface area contributed by atoms with E-state index in [0.717, 1.165) is 12.3 Å². The van der Waals surface area contributed by atoms with E-state index in [2.05, 4.69) is 20.6 Å². The summed E-state index contributed by atoms with van der Waals surface area (Å²) in [6, 6.07) is 3.07. The van der Waals surface area contributed by atoms with Crippen molar-refractivity contribution in [1.29, 1.82) is 5.41 Å². The number of amidine groups is 1. The van der Waals surface area contributed by atoms with Gasteiger partial charge in [-0.15, -0.1) is 0 Å². The molecule has 41 heavy (non-hydrogen) atoms. The number of hydrogen-bond acceptors (Lipinski definition) is 8. The molecule has 1 atom stereocenters. The fourth-order valence-corrected chi connectivity index (χ4v) is 4.24. The van der Waals surface area contributed by atoms with Crippen molar-refractivity contribution in [3.63, 3.8) is 0 Å². The van der Waals surface area contributed by atoms with Gasteiger partial charge >= 0.3 is 6.18 Å². The van der Waals surface area contributed by atoms with E-state index in [9.17, 15) is 22.8 Å². The number of pyridine rings is 1. The number of carbonyl (C=O) groups excluding carboxylic acids is 2. The van der Waals surface area contributed by atoms with E-state index in [1.165, 1.54) is 30.3 Å². The van der Waals surface area contributed by atoms with Gasteiger partial charge in [0.1, 0.15) is 6.26 Å². The standard InChI is InChI=1S/C28H34F3N7O3/c1-6-19-11-18(14-37(4)5)15-38(27(19)40)24(32)22(13-33-3)35-25(39)23-16-41-26(36-23)20-8-10-34-21(12-20)17(2)7-9-28(29,30)31/h7-8,10-13,16,18,32-33H,6,9,14-15H2,1-5H3,(H,35,39)/b17-7-,22-13+,32-24?. The number of nitrogens with one attached hydrogen (secondary N) is 3. The molecule has 1 unspecified atom stereocenters. The number of halogens is 3. The Balaban J connectivity index is 1.78. The second-order valence-corrected chi connectivity index (χ2v) is 9.81. The molecule has 1 aliphatic heterocycles. The van der Waals surface area contributed by atoms with E-state index in [4.69, 9.17) is 9.83 Å². The van der Waals surface area contributed by atoms with Gasteiger partial charge in [0.25, 0.3) is 11.8 Å². The first-order valence-electron chi connectivity index (χ1n) is 12.9. The molecule has 2 aromatic rings. The molecular weight excluding hydrogens is 539 g/mol. The zero-order valence-electron chi connectivity index (χ0n) is 23.6. The lowest BCUT2D eigenvalue weighted by Crippen LogP contribution is -2.48. The zero-order valence-corrected chi connectivity index (χ0v) is 23.6. The Kier molecular flexibility index (Phi) is 10.2. The Hall–Kier alpha value is -4.26. The number of rotatable bonds is 10. The zero-order chi connectivity index (χ0) is 30.3. The molecule has 0 saturated carbocycles. The van der Waals surface area contributed by atoms with Gasteiger partial charge in [-0.05, 0) is 45.1 Å². The molecule has 0 radical (unpaired) electrons. The highest BCUT2D eigenvalue weighted by atomic mass is 19.4. The van der Waals surface area contributed by atoms with Crippen molar-refractivity contribution in [2.45, 2.75) is 32.9 Å². The minimum atomic E-state index is -4.33. The number of amides is 2. The van der Waals surface area contributed by atoms with Crippen molar-refractivity contribution in [2.75, 3.05) is 34.2 Å². The van der Waals surface area contributed by atoms with Gasteiger partial charge in [0, 0.05) is 49.6 Å². The van der Waals surface area contributed by atoms with Crippen LogP contribution in [0.4, 0.5) is 13.2 Å². The molecule has 2 aromatic heterocycles. The van der Waals surface area contributed by atoms with Crippen molar-refractivity contribution in [1.82, 2.24) is 30.4 Å². The SMILES string of the molecule is CCC1=CC(CN(C)C)CN(C(=N)/C(=C\NC)NC(=O)c2coc(-c3ccnc(/C(C)=C\CC(F)(F)F)c3)n2)C1=O. The molecule has 0 bridgehead atoms. The van der Waals surface area contributed by atoms with Crippen molar-refractivity contribution >= 4 is 23.2 Å². The first-order chi connectivity index (χ1) is 19.3. The fraction of sp³-hybridized carbons (Fsp3) is 0.393. The van der Waals surface area contributed by atoms with E-state index < -0.39 is 18.5 Å². The maximum Gasteiger partial charge on any atom is 0.392 e. The summed E-state index contributed by atoms with van der Waals surface area (Å²) in [5, 5.41) is 14.2. The van der Waals surface area contributed by atoms with Gasteiger partial charge in [-0.3, -0.25) is 24.9 Å². The van der Waals surface area contributed by atoms with Gasteiger partial charge in [0.15, 0.2) is 11.5 Å². The molecular formula is C28H34F3N7O3. The first-order valence-corrected chi connectivity index (χ1v) is 12.9. The van der Waals surface area contributed by atoms with E-state index >= 15 is 0 Å². The van der Waals surface area contributed by atoms with Crippen molar-refractivity contribution < 1.29 is 27.2 Å². The highest BCUT2D eigenvalue weighted by molar-refractivity contribution is 6.13. The molecule has 2 amide bonds. The number of aromatic nitrogens is 2. The second-order valence-electron chi connectivity index (χ2n) is 9.81. The van der Waals surface area contributed by atoms with Crippen LogP contribution in [0.5, 0.6) is 0 Å². The largest absolute Gasteiger partial charge is 0.444 e. The molecule has 0 aromatic carbocycles. The molecule has 10 nitrogen and oxygen atoms in total. The quantitative estimate of drug-likeness (QED) is 0.287. The Morgan fingerprint density at radius 2 is 2.05 bits per heavy atom. The number of allylic oxidation sites excluding steroid dienone is 2. The lowest BCUT2D eigenvalue weighted by atomic mass is 9.96. The third-order valence-electron chi connectivity index (χ3n) is 6.20. The van der Waals surface area contributed by atoms with Crippen molar-refractivity contribution in [3.05, 3.63) is 65.6 Å². The monoisotopic (exact) mass is 573 g/mol. The van der Waals surface area contributed by atoms with Crippen LogP contribution < -0.4 is 10.6 Å². The maximum absolute atomic E-state index is 13.1. The van der Waals surface area contributed by atoms with Crippen LogP contribution in [-0.2, 0) is 4.79 Å². The number of nitrogens with zero attached hydrogens (tertiary/aromatic N) is 4. The van der Waals surface area contributed by atoms with Crippen LogP contribution in [0.1, 0.15) is 42.9 Å². The van der Waals surface area contributed by atoms with Crippen molar-refractivity contribution in [3.8, 4) is 11.5 Å². The number of oxazole rings is 1. The first kappa shape index (κ1) is 31.3. The molecule has 0 fully saturated rings. The molecule has 3 rings (SSSR count). The van der Waals surface area contributed by atoms with Gasteiger partial charge in [0.05, 0.1) is 17.8 Å². The van der Waals surface area contributed by atoms with E-state index in [-0.39, 0.29) is 41.5 Å². The van der Waals surface area contributed by atoms with Crippen molar-refractivity contribution in [2.24, 2.45) is 5.92 Å². The average Bonchev–Trinajstić information content (AvgIpc) is 3.42. The summed E-state index contributed by atoms with van der Waals surface area (Å²) in [5.74, 6) is -1.07. The Bertz CT molecular complexity index is 1380. The molecule has 13 heteroatoms. The third-order valence-corrected chi connectivity index (χ3v) is 6.20. The van der Waals surface area contributed by atoms with Crippen LogP contribution in [0.15, 0.2) is 58.6 Å². The van der Waals surface area contributed by atoms with E-state index in [1.54, 1.807) is 13.1 Å². The molecule has 220 valence electrons. The predicted octanol–water partition coefficient (Wildman–Crippen LogP) is 4.22. The third kappa shape index (κ3) is 8.37. The number of hydrogen-bond donors (Lipinski definition) is 3.